The van der Waals surface area contributed by atoms with Crippen molar-refractivity contribution >= 4 is 17.9 Å². The maximum absolute atomic E-state index is 14.8. The molecule has 0 aliphatic carbocycles. The van der Waals surface area contributed by atoms with Gasteiger partial charge in [-0.2, -0.15) is 0 Å². The van der Waals surface area contributed by atoms with Crippen molar-refractivity contribution in [3.63, 3.8) is 0 Å². The minimum Gasteiger partial charge on any atom is -0.428 e. The Kier molecular flexibility index (Phi) is 6.55. The number of nitrogens with one attached hydrogen (secondary N) is 1. The number of carbonyl (C=O) groups is 1. The van der Waals surface area contributed by atoms with Crippen LogP contribution in [0.3, 0.4) is 0 Å². The summed E-state index contributed by atoms with van der Waals surface area (Å²) < 4.78 is 76.6. The number of piperidine rings is 1. The highest BCUT2D eigenvalue weighted by molar-refractivity contribution is 5.83. The molecule has 0 bridgehead atoms. The summed E-state index contributed by atoms with van der Waals surface area (Å²) >= 11 is 0. The number of nitrogens with zero attached hydrogens (tertiary/aromatic N) is 4. The van der Waals surface area contributed by atoms with Crippen molar-refractivity contribution in [1.82, 2.24) is 19.5 Å². The zero-order chi connectivity index (χ0) is 24.5. The van der Waals surface area contributed by atoms with Crippen LogP contribution < -0.4 is 14.8 Å². The Balaban J connectivity index is 1.72. The summed E-state index contributed by atoms with van der Waals surface area (Å²) in [4.78, 5) is 12.9. The van der Waals surface area contributed by atoms with E-state index in [4.69, 9.17) is 4.74 Å². The Morgan fingerprint density at radius 2 is 2.03 bits per heavy atom. The average Bonchev–Trinajstić information content (AvgIpc) is 3.15. The highest BCUT2D eigenvalue weighted by Gasteiger charge is 2.32. The minimum absolute atomic E-state index is 0.0151. The number of rotatable bonds is 7. The van der Waals surface area contributed by atoms with Crippen LogP contribution in [0.25, 0.3) is 16.8 Å². The standard InChI is InChI=1S/C21H20F5N5O3/c1-2-30-9-12(22)7-13(10-30)27-20-29-28-18(19-16(23)5-6-31(19)20)15-4-3-14(34-21(24,25)26)8-17(15)33-11-32/h3-6,8,11-13H,2,7,9-10H2,1H3,(H,27,29)/t12-,13-/m1/s1. The molecule has 8 nitrogen and oxygen atoms in total. The summed E-state index contributed by atoms with van der Waals surface area (Å²) in [5.41, 5.74) is -0.120. The van der Waals surface area contributed by atoms with Gasteiger partial charge in [-0.25, -0.2) is 8.78 Å². The molecule has 1 fully saturated rings. The van der Waals surface area contributed by atoms with Gasteiger partial charge in [0.05, 0.1) is 0 Å². The lowest BCUT2D eigenvalue weighted by atomic mass is 10.0. The largest absolute Gasteiger partial charge is 0.573 e. The van der Waals surface area contributed by atoms with Crippen LogP contribution in [0, 0.1) is 5.82 Å². The molecular weight excluding hydrogens is 465 g/mol. The van der Waals surface area contributed by atoms with Gasteiger partial charge in [-0.15, -0.1) is 23.4 Å². The Bertz CT molecular complexity index is 1190. The first kappa shape index (κ1) is 23.7. The van der Waals surface area contributed by atoms with E-state index in [1.807, 2.05) is 11.8 Å². The fourth-order valence-corrected chi connectivity index (χ4v) is 4.00. The molecule has 0 saturated carbocycles. The first-order valence-electron chi connectivity index (χ1n) is 10.3. The number of hydrogen-bond acceptors (Lipinski definition) is 7. The Morgan fingerprint density at radius 1 is 1.24 bits per heavy atom. The van der Waals surface area contributed by atoms with Gasteiger partial charge in [-0.1, -0.05) is 6.92 Å². The number of likely N-dealkylation sites (tertiary alicyclic amines) is 1. The van der Waals surface area contributed by atoms with Crippen molar-refractivity contribution in [3.05, 3.63) is 36.3 Å². The van der Waals surface area contributed by atoms with Gasteiger partial charge in [0.25, 0.3) is 6.47 Å². The third-order valence-electron chi connectivity index (χ3n) is 5.41. The minimum atomic E-state index is -4.96. The summed E-state index contributed by atoms with van der Waals surface area (Å²) in [7, 11) is 0. The predicted molar refractivity (Wildman–Crippen MR) is 111 cm³/mol. The molecule has 3 aromatic rings. The van der Waals surface area contributed by atoms with Gasteiger partial charge in [0.1, 0.15) is 28.9 Å². The fourth-order valence-electron chi connectivity index (χ4n) is 4.00. The van der Waals surface area contributed by atoms with Gasteiger partial charge in [-0.3, -0.25) is 14.1 Å². The number of likely N-dealkylation sites (N-methyl/N-ethyl adjacent to an activating group) is 1. The van der Waals surface area contributed by atoms with Crippen molar-refractivity contribution in [3.8, 4) is 22.8 Å². The topological polar surface area (TPSA) is 81.0 Å². The number of aromatic nitrogens is 3. The van der Waals surface area contributed by atoms with Crippen molar-refractivity contribution in [2.45, 2.75) is 31.9 Å². The summed E-state index contributed by atoms with van der Waals surface area (Å²) in [6.45, 7) is 3.50. The van der Waals surface area contributed by atoms with E-state index in [1.54, 1.807) is 0 Å². The third kappa shape index (κ3) is 5.03. The monoisotopic (exact) mass is 485 g/mol. The van der Waals surface area contributed by atoms with Crippen LogP contribution in [0.15, 0.2) is 30.5 Å². The van der Waals surface area contributed by atoms with Crippen LogP contribution in [-0.2, 0) is 4.79 Å². The van der Waals surface area contributed by atoms with Crippen LogP contribution in [0.1, 0.15) is 13.3 Å². The Hall–Kier alpha value is -3.48. The van der Waals surface area contributed by atoms with Gasteiger partial charge in [0, 0.05) is 43.4 Å². The summed E-state index contributed by atoms with van der Waals surface area (Å²) in [5, 5.41) is 11.2. The second kappa shape index (κ2) is 9.41. The average molecular weight is 485 g/mol. The van der Waals surface area contributed by atoms with E-state index in [-0.39, 0.29) is 47.4 Å². The molecule has 4 rings (SSSR count). The van der Waals surface area contributed by atoms with E-state index >= 15 is 0 Å². The smallest absolute Gasteiger partial charge is 0.428 e. The molecule has 1 saturated heterocycles. The second-order valence-electron chi connectivity index (χ2n) is 7.70. The quantitative estimate of drug-likeness (QED) is 0.403. The number of hydrogen-bond donors (Lipinski definition) is 1. The van der Waals surface area contributed by atoms with Gasteiger partial charge in [0.2, 0.25) is 5.95 Å². The number of carbonyl (C=O) groups excluding carboxylic acids is 1. The van der Waals surface area contributed by atoms with Crippen LogP contribution >= 0.6 is 0 Å². The third-order valence-corrected chi connectivity index (χ3v) is 5.41. The van der Waals surface area contributed by atoms with Gasteiger partial charge in [-0.05, 0) is 24.7 Å². The van der Waals surface area contributed by atoms with E-state index in [0.29, 0.717) is 19.6 Å². The first-order chi connectivity index (χ1) is 16.2. The lowest BCUT2D eigenvalue weighted by molar-refractivity contribution is -0.274. The predicted octanol–water partition coefficient (Wildman–Crippen LogP) is 3.81. The molecule has 1 aliphatic rings. The van der Waals surface area contributed by atoms with E-state index in [9.17, 15) is 26.7 Å². The number of benzene rings is 1. The number of anilines is 1. The summed E-state index contributed by atoms with van der Waals surface area (Å²) in [5.74, 6) is -1.50. The molecule has 0 unspecified atom stereocenters. The fraction of sp³-hybridized carbons (Fsp3) is 0.381. The lowest BCUT2D eigenvalue weighted by Gasteiger charge is -2.34. The molecule has 1 aromatic carbocycles. The highest BCUT2D eigenvalue weighted by Crippen LogP contribution is 2.37. The highest BCUT2D eigenvalue weighted by atomic mass is 19.4. The summed E-state index contributed by atoms with van der Waals surface area (Å²) in [6, 6.07) is 3.83. The normalized spacial score (nSPS) is 19.2. The number of fused-ring (bicyclic) bond motifs is 1. The van der Waals surface area contributed by atoms with Gasteiger partial charge < -0.3 is 14.8 Å². The molecule has 3 heterocycles. The van der Waals surface area contributed by atoms with Crippen LogP contribution in [0.5, 0.6) is 11.5 Å². The zero-order valence-electron chi connectivity index (χ0n) is 17.9. The summed E-state index contributed by atoms with van der Waals surface area (Å²) in [6.07, 6.45) is -4.36. The first-order valence-corrected chi connectivity index (χ1v) is 10.3. The molecular formula is C21H20F5N5O3. The molecule has 0 amide bonds. The Labute approximate surface area is 190 Å². The molecule has 1 aliphatic heterocycles. The second-order valence-corrected chi connectivity index (χ2v) is 7.70. The number of ether oxygens (including phenoxy) is 2. The number of halogens is 5. The molecule has 182 valence electrons. The molecule has 34 heavy (non-hydrogen) atoms. The van der Waals surface area contributed by atoms with Gasteiger partial charge >= 0.3 is 6.36 Å². The van der Waals surface area contributed by atoms with Crippen molar-refractivity contribution in [2.24, 2.45) is 0 Å². The van der Waals surface area contributed by atoms with Crippen LogP contribution in [0.2, 0.25) is 0 Å². The van der Waals surface area contributed by atoms with Crippen molar-refractivity contribution < 1.29 is 36.2 Å². The maximum Gasteiger partial charge on any atom is 0.573 e. The van der Waals surface area contributed by atoms with E-state index < -0.39 is 24.1 Å². The zero-order valence-corrected chi connectivity index (χ0v) is 17.9. The maximum atomic E-state index is 14.8. The molecule has 2 atom stereocenters. The lowest BCUT2D eigenvalue weighted by Crippen LogP contribution is -2.47. The van der Waals surface area contributed by atoms with E-state index in [1.165, 1.54) is 10.6 Å². The number of alkyl halides is 4. The molecule has 2 aromatic heterocycles. The van der Waals surface area contributed by atoms with Crippen molar-refractivity contribution in [1.29, 1.82) is 0 Å². The SMILES string of the molecule is CCN1C[C@H](F)C[C@@H](Nc2nnc(-c3ccc(OC(F)(F)F)cc3OC=O)c3c(F)ccn23)C1. The molecule has 13 heteroatoms. The van der Waals surface area contributed by atoms with E-state index in [0.717, 1.165) is 24.3 Å². The molecule has 0 radical (unpaired) electrons. The Morgan fingerprint density at radius 3 is 2.74 bits per heavy atom. The van der Waals surface area contributed by atoms with Crippen LogP contribution in [-0.4, -0.2) is 64.2 Å². The molecule has 0 spiro atoms. The molecule has 1 N–H and O–H groups in total. The van der Waals surface area contributed by atoms with Crippen LogP contribution in [0.4, 0.5) is 27.9 Å². The van der Waals surface area contributed by atoms with Crippen molar-refractivity contribution in [2.75, 3.05) is 25.0 Å². The van der Waals surface area contributed by atoms with E-state index in [2.05, 4.69) is 20.3 Å². The van der Waals surface area contributed by atoms with Gasteiger partial charge in [0.15, 0.2) is 5.82 Å².